The Kier molecular flexibility index (Phi) is 30.6. The van der Waals surface area contributed by atoms with Crippen LogP contribution in [0.3, 0.4) is 0 Å². The van der Waals surface area contributed by atoms with Crippen LogP contribution in [0.4, 0.5) is 0 Å². The highest BCUT2D eigenvalue weighted by molar-refractivity contribution is 5.69. The van der Waals surface area contributed by atoms with Gasteiger partial charge >= 0.3 is 11.9 Å². The van der Waals surface area contributed by atoms with E-state index in [1.54, 1.807) is 0 Å². The van der Waals surface area contributed by atoms with E-state index >= 15 is 0 Å². The summed E-state index contributed by atoms with van der Waals surface area (Å²) in [6.07, 6.45) is 33.1. The zero-order valence-corrected chi connectivity index (χ0v) is 26.4. The van der Waals surface area contributed by atoms with Crippen molar-refractivity contribution in [2.45, 2.75) is 174 Å². The number of ether oxygens (including phenoxy) is 2. The molecule has 0 saturated carbocycles. The average molecular weight is 565 g/mol. The third-order valence-corrected chi connectivity index (χ3v) is 7.20. The van der Waals surface area contributed by atoms with Gasteiger partial charge in [-0.2, -0.15) is 0 Å². The largest absolute Gasteiger partial charge is 0.466 e. The molecule has 1 N–H and O–H groups in total. The Morgan fingerprint density at radius 3 is 1.27 bits per heavy atom. The Morgan fingerprint density at radius 2 is 0.875 bits per heavy atom. The molecule has 0 rings (SSSR count). The summed E-state index contributed by atoms with van der Waals surface area (Å²) in [4.78, 5) is 23.4. The second-order valence-electron chi connectivity index (χ2n) is 11.2. The molecule has 0 aliphatic rings. The highest BCUT2D eigenvalue weighted by atomic mass is 16.5. The monoisotopic (exact) mass is 564 g/mol. The van der Waals surface area contributed by atoms with Crippen molar-refractivity contribution in [2.24, 2.45) is 0 Å². The third-order valence-electron chi connectivity index (χ3n) is 7.20. The first-order chi connectivity index (χ1) is 19.6. The van der Waals surface area contributed by atoms with Gasteiger partial charge in [0.05, 0.1) is 19.3 Å². The van der Waals surface area contributed by atoms with Crippen molar-refractivity contribution in [1.82, 2.24) is 0 Å². The van der Waals surface area contributed by atoms with Gasteiger partial charge in [0.1, 0.15) is 0 Å². The van der Waals surface area contributed by atoms with E-state index in [9.17, 15) is 14.7 Å². The van der Waals surface area contributed by atoms with Crippen LogP contribution in [0.15, 0.2) is 24.3 Å². The molecule has 234 valence electrons. The van der Waals surface area contributed by atoms with Gasteiger partial charge in [-0.05, 0) is 51.4 Å². The molecule has 0 spiro atoms. The summed E-state index contributed by atoms with van der Waals surface area (Å²) in [5.41, 5.74) is 0. The van der Waals surface area contributed by atoms with Gasteiger partial charge in [0.2, 0.25) is 0 Å². The van der Waals surface area contributed by atoms with E-state index in [0.29, 0.717) is 26.1 Å². The maximum Gasteiger partial charge on any atom is 0.306 e. The fourth-order valence-corrected chi connectivity index (χ4v) is 4.56. The lowest BCUT2D eigenvalue weighted by molar-refractivity contribution is -0.144. The van der Waals surface area contributed by atoms with Gasteiger partial charge in [0, 0.05) is 12.8 Å². The molecule has 0 aliphatic carbocycles. The Hall–Kier alpha value is -1.62. The summed E-state index contributed by atoms with van der Waals surface area (Å²) in [7, 11) is 0. The first-order valence-corrected chi connectivity index (χ1v) is 16.9. The van der Waals surface area contributed by atoms with Crippen LogP contribution < -0.4 is 0 Å². The Morgan fingerprint density at radius 1 is 0.525 bits per heavy atom. The Balaban J connectivity index is 3.34. The summed E-state index contributed by atoms with van der Waals surface area (Å²) in [6.45, 7) is 5.46. The number of hydrogen-bond donors (Lipinski definition) is 1. The van der Waals surface area contributed by atoms with Crippen molar-refractivity contribution < 1.29 is 24.2 Å². The molecule has 0 aromatic carbocycles. The van der Waals surface area contributed by atoms with Gasteiger partial charge in [-0.25, -0.2) is 0 Å². The van der Waals surface area contributed by atoms with Gasteiger partial charge in [0.25, 0.3) is 0 Å². The van der Waals surface area contributed by atoms with Gasteiger partial charge in [-0.15, -0.1) is 0 Å². The number of aliphatic hydroxyl groups excluding tert-OH is 1. The second kappa shape index (κ2) is 31.9. The molecule has 40 heavy (non-hydrogen) atoms. The molecule has 0 heterocycles. The minimum Gasteiger partial charge on any atom is -0.466 e. The van der Waals surface area contributed by atoms with E-state index in [1.807, 2.05) is 0 Å². The SMILES string of the molecule is CCCCC=CCCC(=O)OCCCCCCCCC(O)CCCCCCCCOC(=O)CCC=CCCCC. The van der Waals surface area contributed by atoms with Crippen LogP contribution in [-0.4, -0.2) is 36.4 Å². The highest BCUT2D eigenvalue weighted by Gasteiger charge is 2.05. The topological polar surface area (TPSA) is 72.8 Å². The number of carbonyl (C=O) groups excluding carboxylic acids is 2. The predicted octanol–water partition coefficient (Wildman–Crippen LogP) is 9.95. The molecular weight excluding hydrogens is 500 g/mol. The number of carbonyl (C=O) groups is 2. The van der Waals surface area contributed by atoms with E-state index in [4.69, 9.17) is 9.47 Å². The lowest BCUT2D eigenvalue weighted by Gasteiger charge is -2.10. The molecule has 5 heteroatoms. The number of esters is 2. The molecule has 0 unspecified atom stereocenters. The van der Waals surface area contributed by atoms with Gasteiger partial charge in [-0.1, -0.05) is 128 Å². The molecule has 0 amide bonds. The molecule has 5 nitrogen and oxygen atoms in total. The summed E-state index contributed by atoms with van der Waals surface area (Å²) in [6, 6.07) is 0. The molecular formula is C35H64O5. The molecule has 0 aromatic heterocycles. The van der Waals surface area contributed by atoms with Crippen LogP contribution in [0.25, 0.3) is 0 Å². The minimum atomic E-state index is -0.165. The fraction of sp³-hybridized carbons (Fsp3) is 0.829. The molecule has 0 radical (unpaired) electrons. The van der Waals surface area contributed by atoms with E-state index in [1.165, 1.54) is 64.2 Å². The van der Waals surface area contributed by atoms with Gasteiger partial charge < -0.3 is 14.6 Å². The Bertz CT molecular complexity index is 561. The van der Waals surface area contributed by atoms with Crippen LogP contribution in [0.5, 0.6) is 0 Å². The van der Waals surface area contributed by atoms with Crippen LogP contribution in [-0.2, 0) is 19.1 Å². The number of aliphatic hydroxyl groups is 1. The lowest BCUT2D eigenvalue weighted by Crippen LogP contribution is -2.06. The van der Waals surface area contributed by atoms with E-state index in [0.717, 1.165) is 77.0 Å². The molecule has 0 atom stereocenters. The maximum atomic E-state index is 11.7. The first-order valence-electron chi connectivity index (χ1n) is 16.9. The van der Waals surface area contributed by atoms with Crippen molar-refractivity contribution in [3.63, 3.8) is 0 Å². The van der Waals surface area contributed by atoms with Crippen molar-refractivity contribution in [3.8, 4) is 0 Å². The van der Waals surface area contributed by atoms with Crippen molar-refractivity contribution in [2.75, 3.05) is 13.2 Å². The predicted molar refractivity (Wildman–Crippen MR) is 168 cm³/mol. The second-order valence-corrected chi connectivity index (χ2v) is 11.2. The van der Waals surface area contributed by atoms with E-state index in [2.05, 4.69) is 38.2 Å². The number of unbranched alkanes of at least 4 members (excludes halogenated alkanes) is 14. The molecule has 0 fully saturated rings. The number of allylic oxidation sites excluding steroid dienone is 4. The zero-order chi connectivity index (χ0) is 29.4. The first kappa shape index (κ1) is 38.4. The van der Waals surface area contributed by atoms with Crippen molar-refractivity contribution in [1.29, 1.82) is 0 Å². The van der Waals surface area contributed by atoms with E-state index < -0.39 is 0 Å². The van der Waals surface area contributed by atoms with Crippen molar-refractivity contribution >= 4 is 11.9 Å². The lowest BCUT2D eigenvalue weighted by atomic mass is 10.0. The summed E-state index contributed by atoms with van der Waals surface area (Å²) >= 11 is 0. The van der Waals surface area contributed by atoms with Crippen LogP contribution in [0.1, 0.15) is 168 Å². The van der Waals surface area contributed by atoms with Gasteiger partial charge in [0.15, 0.2) is 0 Å². The normalized spacial score (nSPS) is 12.4. The summed E-state index contributed by atoms with van der Waals surface area (Å²) in [5.74, 6) is -0.159. The van der Waals surface area contributed by atoms with Gasteiger partial charge in [-0.3, -0.25) is 9.59 Å². The van der Waals surface area contributed by atoms with Crippen LogP contribution >= 0.6 is 0 Å². The standard InChI is InChI=1S/C35H64O5/c1-3-5-7-9-17-23-29-34(37)39-31-25-19-13-11-15-21-27-33(36)28-22-16-12-14-20-26-32-40-35(38)30-24-18-10-8-6-4-2/h9-10,17-18,33,36H,3-8,11-16,19-32H2,1-2H3. The van der Waals surface area contributed by atoms with Crippen LogP contribution in [0.2, 0.25) is 0 Å². The number of rotatable bonds is 30. The minimum absolute atomic E-state index is 0.0797. The highest BCUT2D eigenvalue weighted by Crippen LogP contribution is 2.14. The third kappa shape index (κ3) is 30.9. The maximum absolute atomic E-state index is 11.7. The smallest absolute Gasteiger partial charge is 0.306 e. The quantitative estimate of drug-likeness (QED) is 0.0534. The molecule has 0 bridgehead atoms. The molecule has 0 aromatic rings. The zero-order valence-electron chi connectivity index (χ0n) is 26.4. The fourth-order valence-electron chi connectivity index (χ4n) is 4.56. The van der Waals surface area contributed by atoms with Crippen molar-refractivity contribution in [3.05, 3.63) is 24.3 Å². The number of hydrogen-bond acceptors (Lipinski definition) is 5. The Labute approximate surface area is 247 Å². The summed E-state index contributed by atoms with van der Waals surface area (Å²) < 4.78 is 10.6. The van der Waals surface area contributed by atoms with Crippen LogP contribution in [0, 0.1) is 0 Å². The average Bonchev–Trinajstić information content (AvgIpc) is 2.94. The molecule has 0 saturated heterocycles. The summed E-state index contributed by atoms with van der Waals surface area (Å²) in [5, 5.41) is 10.2. The van der Waals surface area contributed by atoms with E-state index in [-0.39, 0.29) is 18.0 Å². The molecule has 0 aliphatic heterocycles.